The minimum Gasteiger partial charge on any atom is -0.462 e. The van der Waals surface area contributed by atoms with Gasteiger partial charge in [-0.25, -0.2) is 0 Å². The molecule has 148 valence electrons. The second-order valence-corrected chi connectivity index (χ2v) is 9.43. The van der Waals surface area contributed by atoms with Crippen LogP contribution in [0.4, 0.5) is 0 Å². The number of hydrogen-bond donors (Lipinski definition) is 0. The van der Waals surface area contributed by atoms with Gasteiger partial charge in [0, 0.05) is 0 Å². The Bertz CT molecular complexity index is 324. The highest BCUT2D eigenvalue weighted by Gasteiger charge is 2.25. The van der Waals surface area contributed by atoms with Crippen LogP contribution in [-0.4, -0.2) is 16.0 Å². The molecule has 0 aromatic heterocycles. The second kappa shape index (κ2) is 15.3. The maximum Gasteiger partial charge on any atom is 0.319 e. The number of halogens is 1. The van der Waals surface area contributed by atoms with E-state index in [2.05, 4.69) is 29.5 Å². The molecule has 0 N–H and O–H groups in total. The Morgan fingerprint density at radius 1 is 0.880 bits per heavy atom. The summed E-state index contributed by atoms with van der Waals surface area (Å²) in [6.45, 7) is 4.33. The van der Waals surface area contributed by atoms with E-state index in [0.717, 1.165) is 25.2 Å². The highest BCUT2D eigenvalue weighted by Crippen LogP contribution is 2.30. The maximum absolute atomic E-state index is 11.9. The molecule has 1 fully saturated rings. The van der Waals surface area contributed by atoms with E-state index in [0.29, 0.717) is 0 Å². The van der Waals surface area contributed by atoms with E-state index >= 15 is 0 Å². The number of carbonyl (C=O) groups is 1. The van der Waals surface area contributed by atoms with Gasteiger partial charge in [-0.15, -0.1) is 0 Å². The van der Waals surface area contributed by atoms with E-state index in [-0.39, 0.29) is 16.0 Å². The van der Waals surface area contributed by atoms with Gasteiger partial charge in [0.1, 0.15) is 10.0 Å². The molecular weight excluding hydrogens is 423 g/mol. The first kappa shape index (κ1) is 23.2. The zero-order valence-electron chi connectivity index (χ0n) is 16.7. The molecule has 0 aromatic rings. The van der Waals surface area contributed by atoms with Crippen LogP contribution >= 0.6 is 22.6 Å². The summed E-state index contributed by atoms with van der Waals surface area (Å²) >= 11 is 2.20. The molecule has 0 heterocycles. The van der Waals surface area contributed by atoms with E-state index in [1.807, 2.05) is 6.92 Å². The first-order valence-electron chi connectivity index (χ1n) is 11.0. The Hall–Kier alpha value is 0.200. The summed E-state index contributed by atoms with van der Waals surface area (Å²) in [7, 11) is 0. The quantitative estimate of drug-likeness (QED) is 0.114. The molecule has 0 spiro atoms. The third-order valence-electron chi connectivity index (χ3n) is 5.66. The van der Waals surface area contributed by atoms with Crippen LogP contribution in [0, 0.1) is 5.92 Å². The zero-order chi connectivity index (χ0) is 18.3. The van der Waals surface area contributed by atoms with Gasteiger partial charge in [0.2, 0.25) is 0 Å². The van der Waals surface area contributed by atoms with E-state index in [1.54, 1.807) is 0 Å². The molecule has 1 saturated carbocycles. The van der Waals surface area contributed by atoms with Crippen LogP contribution in [0.25, 0.3) is 0 Å². The van der Waals surface area contributed by atoms with Crippen molar-refractivity contribution in [3.63, 3.8) is 0 Å². The number of hydrogen-bond acceptors (Lipinski definition) is 2. The van der Waals surface area contributed by atoms with Crippen LogP contribution < -0.4 is 0 Å². The lowest BCUT2D eigenvalue weighted by molar-refractivity contribution is -0.149. The SMILES string of the molecule is CCCCCCCCCCCCC1CCC(OC(=O)C(I)CC)CC1. The van der Waals surface area contributed by atoms with Gasteiger partial charge in [-0.3, -0.25) is 4.79 Å². The van der Waals surface area contributed by atoms with Crippen molar-refractivity contribution in [1.29, 1.82) is 0 Å². The van der Waals surface area contributed by atoms with E-state index < -0.39 is 0 Å². The smallest absolute Gasteiger partial charge is 0.319 e. The largest absolute Gasteiger partial charge is 0.462 e. The third kappa shape index (κ3) is 11.5. The molecule has 1 rings (SSSR count). The first-order valence-corrected chi connectivity index (χ1v) is 12.3. The summed E-state index contributed by atoms with van der Waals surface area (Å²) in [5, 5.41) is 0. The normalized spacial score (nSPS) is 21.9. The van der Waals surface area contributed by atoms with Crippen LogP contribution in [0.3, 0.4) is 0 Å². The third-order valence-corrected chi connectivity index (χ3v) is 7.05. The van der Waals surface area contributed by atoms with Crippen LogP contribution in [-0.2, 0) is 9.53 Å². The van der Waals surface area contributed by atoms with Gasteiger partial charge >= 0.3 is 5.97 Å². The van der Waals surface area contributed by atoms with E-state index in [4.69, 9.17) is 4.74 Å². The molecule has 0 amide bonds. The van der Waals surface area contributed by atoms with E-state index in [9.17, 15) is 4.79 Å². The van der Waals surface area contributed by atoms with Gasteiger partial charge < -0.3 is 4.74 Å². The van der Waals surface area contributed by atoms with Gasteiger partial charge in [-0.05, 0) is 38.0 Å². The molecule has 0 radical (unpaired) electrons. The number of esters is 1. The molecule has 3 heteroatoms. The Kier molecular flexibility index (Phi) is 14.2. The Morgan fingerprint density at radius 2 is 1.40 bits per heavy atom. The van der Waals surface area contributed by atoms with Crippen molar-refractivity contribution in [1.82, 2.24) is 0 Å². The predicted molar refractivity (Wildman–Crippen MR) is 116 cm³/mol. The number of rotatable bonds is 14. The van der Waals surface area contributed by atoms with E-state index in [1.165, 1.54) is 83.5 Å². The van der Waals surface area contributed by atoms with Crippen molar-refractivity contribution >= 4 is 28.6 Å². The molecule has 0 bridgehead atoms. The fourth-order valence-corrected chi connectivity index (χ4v) is 4.01. The topological polar surface area (TPSA) is 26.3 Å². The van der Waals surface area contributed by atoms with Gasteiger partial charge in [0.05, 0.1) is 0 Å². The number of carbonyl (C=O) groups excluding carboxylic acids is 1. The van der Waals surface area contributed by atoms with Crippen LogP contribution in [0.5, 0.6) is 0 Å². The summed E-state index contributed by atoms with van der Waals surface area (Å²) in [6.07, 6.45) is 21.3. The van der Waals surface area contributed by atoms with Gasteiger partial charge in [0.15, 0.2) is 0 Å². The zero-order valence-corrected chi connectivity index (χ0v) is 18.9. The minimum atomic E-state index is 0.00115. The lowest BCUT2D eigenvalue weighted by Crippen LogP contribution is -2.28. The maximum atomic E-state index is 11.9. The van der Waals surface area contributed by atoms with Gasteiger partial charge in [-0.2, -0.15) is 0 Å². The first-order chi connectivity index (χ1) is 12.2. The van der Waals surface area contributed by atoms with Crippen molar-refractivity contribution in [3.8, 4) is 0 Å². The number of ether oxygens (including phenoxy) is 1. The summed E-state index contributed by atoms with van der Waals surface area (Å²) in [4.78, 5) is 11.9. The molecule has 0 aliphatic heterocycles. The number of unbranched alkanes of at least 4 members (excludes halogenated alkanes) is 9. The highest BCUT2D eigenvalue weighted by atomic mass is 127. The predicted octanol–water partition coefficient (Wildman–Crippen LogP) is 7.61. The Balaban J connectivity index is 1.93. The summed E-state index contributed by atoms with van der Waals surface area (Å²) in [6, 6.07) is 0. The molecule has 25 heavy (non-hydrogen) atoms. The molecule has 2 nitrogen and oxygen atoms in total. The fraction of sp³-hybridized carbons (Fsp3) is 0.955. The molecular formula is C22H41IO2. The standard InChI is InChI=1S/C22H41IO2/c1-3-5-6-7-8-9-10-11-12-13-14-19-15-17-20(18-16-19)25-22(24)21(23)4-2/h19-21H,3-18H2,1-2H3. The Labute approximate surface area is 170 Å². The lowest BCUT2D eigenvalue weighted by atomic mass is 9.84. The average Bonchev–Trinajstić information content (AvgIpc) is 2.63. The van der Waals surface area contributed by atoms with Crippen molar-refractivity contribution in [2.24, 2.45) is 5.92 Å². The van der Waals surface area contributed by atoms with Crippen LogP contribution in [0.1, 0.15) is 117 Å². The summed E-state index contributed by atoms with van der Waals surface area (Å²) < 4.78 is 5.68. The molecule has 1 atom stereocenters. The van der Waals surface area contributed by atoms with Crippen LogP contribution in [0.2, 0.25) is 0 Å². The van der Waals surface area contributed by atoms with Gasteiger partial charge in [0.25, 0.3) is 0 Å². The average molecular weight is 464 g/mol. The van der Waals surface area contributed by atoms with Crippen molar-refractivity contribution in [3.05, 3.63) is 0 Å². The number of alkyl halides is 1. The van der Waals surface area contributed by atoms with Crippen LogP contribution in [0.15, 0.2) is 0 Å². The van der Waals surface area contributed by atoms with Gasteiger partial charge in [-0.1, -0.05) is 107 Å². The minimum absolute atomic E-state index is 0.00115. The summed E-state index contributed by atoms with van der Waals surface area (Å²) in [5.41, 5.74) is 0. The monoisotopic (exact) mass is 464 g/mol. The van der Waals surface area contributed by atoms with Crippen molar-refractivity contribution in [2.75, 3.05) is 0 Å². The molecule has 1 aliphatic rings. The Morgan fingerprint density at radius 3 is 1.92 bits per heavy atom. The fourth-order valence-electron chi connectivity index (χ4n) is 3.86. The molecule has 1 unspecified atom stereocenters. The molecule has 1 aliphatic carbocycles. The second-order valence-electron chi connectivity index (χ2n) is 7.93. The highest BCUT2D eigenvalue weighted by molar-refractivity contribution is 14.1. The van der Waals surface area contributed by atoms with Crippen molar-refractivity contribution < 1.29 is 9.53 Å². The van der Waals surface area contributed by atoms with Crippen molar-refractivity contribution in [2.45, 2.75) is 127 Å². The molecule has 0 aromatic carbocycles. The summed E-state index contributed by atoms with van der Waals surface area (Å²) in [5.74, 6) is 0.881. The molecule has 0 saturated heterocycles. The lowest BCUT2D eigenvalue weighted by Gasteiger charge is -2.28.